The van der Waals surface area contributed by atoms with E-state index < -0.39 is 52.3 Å². The van der Waals surface area contributed by atoms with Gasteiger partial charge >= 0.3 is 12.4 Å². The van der Waals surface area contributed by atoms with Crippen LogP contribution in [0, 0.1) is 11.6 Å². The minimum absolute atomic E-state index is 0.0626. The number of hydrogen-bond donors (Lipinski definition) is 2. The smallest absolute Gasteiger partial charge is 0.508 e. The van der Waals surface area contributed by atoms with Gasteiger partial charge in [-0.3, -0.25) is 4.90 Å². The molecule has 8 rings (SSSR count). The highest BCUT2D eigenvalue weighted by Gasteiger charge is 2.49. The fourth-order valence-corrected chi connectivity index (χ4v) is 7.46. The van der Waals surface area contributed by atoms with Crippen LogP contribution >= 0.6 is 0 Å². The van der Waals surface area contributed by atoms with Crippen LogP contribution in [0.5, 0.6) is 23.4 Å². The van der Waals surface area contributed by atoms with Gasteiger partial charge in [0, 0.05) is 43.5 Å². The van der Waals surface area contributed by atoms with E-state index in [1.807, 2.05) is 4.90 Å². The molecule has 2 aromatic heterocycles. The van der Waals surface area contributed by atoms with Gasteiger partial charge in [0.1, 0.15) is 47.5 Å². The molecule has 47 heavy (non-hydrogen) atoms. The molecule has 0 radical (unpaired) electrons. The monoisotopic (exact) mass is 662 g/mol. The van der Waals surface area contributed by atoms with E-state index in [4.69, 9.17) is 9.47 Å². The number of anilines is 1. The van der Waals surface area contributed by atoms with Gasteiger partial charge in [-0.1, -0.05) is 6.07 Å². The Morgan fingerprint density at radius 1 is 1.11 bits per heavy atom. The number of aromatic hydroxyl groups is 1. The molecule has 4 aromatic rings. The summed E-state index contributed by atoms with van der Waals surface area (Å²) in [5.74, 6) is -3.90. The van der Waals surface area contributed by atoms with Crippen LogP contribution < -0.4 is 24.4 Å². The molecule has 3 saturated heterocycles. The van der Waals surface area contributed by atoms with Crippen LogP contribution in [-0.4, -0.2) is 95.0 Å². The number of nitrogens with one attached hydrogen (secondary N) is 1. The van der Waals surface area contributed by atoms with E-state index in [9.17, 15) is 27.1 Å². The summed E-state index contributed by atoms with van der Waals surface area (Å²) in [6, 6.07) is 3.53. The lowest BCUT2D eigenvalue weighted by molar-refractivity contribution is -0.275. The normalized spacial score (nSPS) is 24.3. The van der Waals surface area contributed by atoms with Crippen LogP contribution in [-0.2, 0) is 0 Å². The molecule has 2 N–H and O–H groups in total. The Bertz CT molecular complexity index is 1910. The number of fused-ring (bicyclic) bond motifs is 4. The number of alkyl halides is 4. The lowest BCUT2D eigenvalue weighted by Crippen LogP contribution is -2.53. The number of hydrogen-bond acceptors (Lipinski definition) is 10. The molecule has 0 saturated carbocycles. The van der Waals surface area contributed by atoms with E-state index in [0.29, 0.717) is 32.0 Å². The summed E-state index contributed by atoms with van der Waals surface area (Å²) in [4.78, 5) is 17.5. The summed E-state index contributed by atoms with van der Waals surface area (Å²) in [5.41, 5.74) is -1.79. The fraction of sp³-hybridized carbons (Fsp3) is 0.452. The van der Waals surface area contributed by atoms with E-state index >= 15 is 4.39 Å². The SMILES string of the molecule is Oc1cc(-c2nc3c4c(nc(OC[C@@]56CCCN5C[C@H](F)C6)nc4c2F)N2CCNC[C@H]2CO3)c2c(OC(F)(F)F)c(F)ccc2c1. The van der Waals surface area contributed by atoms with E-state index in [1.54, 1.807) is 0 Å². The van der Waals surface area contributed by atoms with Gasteiger partial charge in [0.15, 0.2) is 17.4 Å². The Kier molecular flexibility index (Phi) is 6.95. The van der Waals surface area contributed by atoms with Crippen LogP contribution in [0.25, 0.3) is 32.9 Å². The predicted octanol–water partition coefficient (Wildman–Crippen LogP) is 4.85. The number of nitrogens with zero attached hydrogens (tertiary/aromatic N) is 5. The topological polar surface area (TPSA) is 105 Å². The number of halogens is 6. The lowest BCUT2D eigenvalue weighted by Gasteiger charge is -2.35. The maximum Gasteiger partial charge on any atom is 0.573 e. The molecule has 3 fully saturated rings. The van der Waals surface area contributed by atoms with Gasteiger partial charge < -0.3 is 29.5 Å². The highest BCUT2D eigenvalue weighted by Crippen LogP contribution is 2.46. The Morgan fingerprint density at radius 2 is 1.96 bits per heavy atom. The van der Waals surface area contributed by atoms with Crippen molar-refractivity contribution in [1.29, 1.82) is 0 Å². The molecule has 2 aromatic carbocycles. The first-order valence-electron chi connectivity index (χ1n) is 15.2. The van der Waals surface area contributed by atoms with E-state index in [1.165, 1.54) is 0 Å². The maximum atomic E-state index is 16.9. The minimum atomic E-state index is -5.28. The second kappa shape index (κ2) is 10.9. The van der Waals surface area contributed by atoms with Gasteiger partial charge in [0.25, 0.3) is 0 Å². The zero-order chi connectivity index (χ0) is 32.7. The first-order chi connectivity index (χ1) is 22.5. The summed E-state index contributed by atoms with van der Waals surface area (Å²) in [7, 11) is 0. The van der Waals surface area contributed by atoms with E-state index in [-0.39, 0.29) is 59.4 Å². The lowest BCUT2D eigenvalue weighted by atomic mass is 9.95. The zero-order valence-electron chi connectivity index (χ0n) is 24.7. The Hall–Kier alpha value is -4.31. The van der Waals surface area contributed by atoms with E-state index in [2.05, 4.69) is 29.9 Å². The molecule has 16 heteroatoms. The number of aromatic nitrogens is 3. The van der Waals surface area contributed by atoms with Gasteiger partial charge in [-0.05, 0) is 43.0 Å². The van der Waals surface area contributed by atoms with Crippen molar-refractivity contribution in [3.05, 3.63) is 35.9 Å². The summed E-state index contributed by atoms with van der Waals surface area (Å²) in [5, 5.41) is 13.4. The maximum absolute atomic E-state index is 16.9. The summed E-state index contributed by atoms with van der Waals surface area (Å²) in [6.45, 7) is 2.80. The van der Waals surface area contributed by atoms with Gasteiger partial charge in [-0.25, -0.2) is 18.2 Å². The van der Waals surface area contributed by atoms with Crippen molar-refractivity contribution in [3.63, 3.8) is 0 Å². The van der Waals surface area contributed by atoms with Crippen LogP contribution in [0.2, 0.25) is 0 Å². The van der Waals surface area contributed by atoms with Crippen LogP contribution in [0.15, 0.2) is 24.3 Å². The van der Waals surface area contributed by atoms with Gasteiger partial charge in [-0.15, -0.1) is 13.2 Å². The molecule has 0 spiro atoms. The molecular weight excluding hydrogens is 634 g/mol. The second-order valence-electron chi connectivity index (χ2n) is 12.4. The summed E-state index contributed by atoms with van der Waals surface area (Å²) in [6.07, 6.45) is -4.39. The van der Waals surface area contributed by atoms with Crippen molar-refractivity contribution >= 4 is 27.5 Å². The Labute approximate surface area is 263 Å². The largest absolute Gasteiger partial charge is 0.573 e. The first kappa shape index (κ1) is 30.1. The van der Waals surface area contributed by atoms with Crippen molar-refractivity contribution in [2.24, 2.45) is 0 Å². The van der Waals surface area contributed by atoms with Crippen molar-refractivity contribution in [2.45, 2.75) is 43.4 Å². The Morgan fingerprint density at radius 3 is 2.79 bits per heavy atom. The zero-order valence-corrected chi connectivity index (χ0v) is 24.7. The molecular formula is C31H28F6N6O4. The van der Waals surface area contributed by atoms with Crippen molar-refractivity contribution < 1.29 is 45.7 Å². The molecule has 10 nitrogen and oxygen atoms in total. The third-order valence-corrected chi connectivity index (χ3v) is 9.46. The first-order valence-corrected chi connectivity index (χ1v) is 15.2. The van der Waals surface area contributed by atoms with Crippen LogP contribution in [0.3, 0.4) is 0 Å². The minimum Gasteiger partial charge on any atom is -0.508 e. The fourth-order valence-electron chi connectivity index (χ4n) is 7.46. The van der Waals surface area contributed by atoms with Crippen molar-refractivity contribution in [2.75, 3.05) is 50.8 Å². The molecule has 0 aliphatic carbocycles. The average Bonchev–Trinajstić information content (AvgIpc) is 3.50. The second-order valence-corrected chi connectivity index (χ2v) is 12.4. The van der Waals surface area contributed by atoms with E-state index in [0.717, 1.165) is 43.7 Å². The molecule has 3 atom stereocenters. The standard InChI is InChI=1S/C31H28F6N6O4/c32-16-10-30(4-1-6-42(30)12-16)14-46-29-40-25-22-27(41-29)43-7-5-38-11-17(43)13-45-28(22)39-24(23(25)34)19-9-18(44)8-15-2-3-20(33)26(21(15)19)47-31(35,36)37/h2-3,8-9,16-17,38,44H,1,4-7,10-14H2/t16-,17+,30+/m1/s1. The molecule has 0 bridgehead atoms. The molecule has 0 unspecified atom stereocenters. The third kappa shape index (κ3) is 5.08. The predicted molar refractivity (Wildman–Crippen MR) is 157 cm³/mol. The third-order valence-electron chi connectivity index (χ3n) is 9.46. The molecule has 6 heterocycles. The van der Waals surface area contributed by atoms with Gasteiger partial charge in [-0.2, -0.15) is 9.97 Å². The quantitative estimate of drug-likeness (QED) is 0.288. The number of phenolic OH excluding ortho intramolecular Hbond substituents is 1. The van der Waals surface area contributed by atoms with Crippen LogP contribution in [0.4, 0.5) is 32.2 Å². The highest BCUT2D eigenvalue weighted by atomic mass is 19.4. The molecule has 4 aliphatic rings. The van der Waals surface area contributed by atoms with Gasteiger partial charge in [0.05, 0.1) is 11.6 Å². The van der Waals surface area contributed by atoms with Crippen molar-refractivity contribution in [3.8, 4) is 34.6 Å². The number of piperazine rings is 1. The van der Waals surface area contributed by atoms with Gasteiger partial charge in [0.2, 0.25) is 5.88 Å². The number of benzene rings is 2. The molecule has 0 amide bonds. The Balaban J connectivity index is 1.33. The number of rotatable bonds is 5. The highest BCUT2D eigenvalue weighted by molar-refractivity contribution is 6.04. The summed E-state index contributed by atoms with van der Waals surface area (Å²) >= 11 is 0. The van der Waals surface area contributed by atoms with Crippen LogP contribution in [0.1, 0.15) is 19.3 Å². The summed E-state index contributed by atoms with van der Waals surface area (Å²) < 4.78 is 103. The number of ether oxygens (including phenoxy) is 3. The molecule has 4 aliphatic heterocycles. The average molecular weight is 663 g/mol. The van der Waals surface area contributed by atoms with Crippen molar-refractivity contribution in [1.82, 2.24) is 25.2 Å². The molecule has 248 valence electrons. The number of pyridine rings is 1. The number of phenols is 1.